The molecule has 0 radical (unpaired) electrons. The van der Waals surface area contributed by atoms with Crippen LogP contribution in [0.25, 0.3) is 17.0 Å². The average Bonchev–Trinajstić information content (AvgIpc) is 3.27. The highest BCUT2D eigenvalue weighted by atomic mass is 32.2. The molecule has 1 fully saturated rings. The van der Waals surface area contributed by atoms with Gasteiger partial charge in [0.05, 0.1) is 10.6 Å². The summed E-state index contributed by atoms with van der Waals surface area (Å²) in [5.41, 5.74) is 7.95. The molecule has 2 amide bonds. The summed E-state index contributed by atoms with van der Waals surface area (Å²) in [5.74, 6) is -0.509. The van der Waals surface area contributed by atoms with Gasteiger partial charge in [-0.25, -0.2) is 4.99 Å². The van der Waals surface area contributed by atoms with Crippen molar-refractivity contribution in [3.63, 3.8) is 0 Å². The lowest BCUT2D eigenvalue weighted by atomic mass is 10.1. The van der Waals surface area contributed by atoms with Crippen LogP contribution in [-0.2, 0) is 20.9 Å². The number of fused-ring (bicyclic) bond motifs is 1. The second-order valence-corrected chi connectivity index (χ2v) is 8.35. The number of nitrogens with zero attached hydrogens (tertiary/aromatic N) is 3. The summed E-state index contributed by atoms with van der Waals surface area (Å²) in [6.07, 6.45) is 4.43. The van der Waals surface area contributed by atoms with Crippen molar-refractivity contribution in [1.29, 1.82) is 0 Å². The van der Waals surface area contributed by atoms with Crippen LogP contribution in [0.3, 0.4) is 0 Å². The van der Waals surface area contributed by atoms with Crippen molar-refractivity contribution in [2.75, 3.05) is 20.3 Å². The van der Waals surface area contributed by atoms with E-state index >= 15 is 0 Å². The molecular formula is C24H24N4O3S. The van der Waals surface area contributed by atoms with Crippen molar-refractivity contribution in [3.8, 4) is 0 Å². The lowest BCUT2D eigenvalue weighted by molar-refractivity contribution is -0.122. The first-order valence-corrected chi connectivity index (χ1v) is 11.1. The summed E-state index contributed by atoms with van der Waals surface area (Å²) < 4.78 is 6.96. The zero-order chi connectivity index (χ0) is 22.5. The molecule has 7 nitrogen and oxygen atoms in total. The number of aromatic nitrogens is 1. The second-order valence-electron chi connectivity index (χ2n) is 7.34. The number of hydrogen-bond acceptors (Lipinski definition) is 5. The van der Waals surface area contributed by atoms with E-state index in [0.717, 1.165) is 22.2 Å². The van der Waals surface area contributed by atoms with E-state index < -0.39 is 5.91 Å². The fraction of sp³-hybridized carbons (Fsp3) is 0.208. The van der Waals surface area contributed by atoms with Crippen LogP contribution < -0.4 is 5.73 Å². The number of benzene rings is 2. The van der Waals surface area contributed by atoms with Crippen LogP contribution in [-0.4, -0.2) is 46.7 Å². The SMILES string of the molecule is COCCCN1C(=O)C(=Cc2cn(CC(N)=O)c3ccccc23)SC1=Nc1ccccc1. The first-order chi connectivity index (χ1) is 15.6. The van der Waals surface area contributed by atoms with Crippen molar-refractivity contribution in [2.24, 2.45) is 10.7 Å². The molecule has 2 aromatic carbocycles. The predicted octanol–water partition coefficient (Wildman–Crippen LogP) is 3.77. The Hall–Kier alpha value is -3.36. The maximum atomic E-state index is 13.3. The number of rotatable bonds is 8. The van der Waals surface area contributed by atoms with E-state index in [-0.39, 0.29) is 12.5 Å². The van der Waals surface area contributed by atoms with Gasteiger partial charge < -0.3 is 15.0 Å². The van der Waals surface area contributed by atoms with Crippen molar-refractivity contribution >= 4 is 51.4 Å². The molecule has 1 aromatic heterocycles. The maximum absolute atomic E-state index is 13.3. The lowest BCUT2D eigenvalue weighted by Crippen LogP contribution is -2.30. The number of carbonyl (C=O) groups excluding carboxylic acids is 2. The third-order valence-corrected chi connectivity index (χ3v) is 6.04. The van der Waals surface area contributed by atoms with E-state index in [1.54, 1.807) is 12.0 Å². The quantitative estimate of drug-likeness (QED) is 0.420. The Labute approximate surface area is 190 Å². The normalized spacial score (nSPS) is 16.5. The number of carbonyl (C=O) groups is 2. The van der Waals surface area contributed by atoms with Gasteiger partial charge in [0, 0.05) is 42.9 Å². The number of para-hydroxylation sites is 2. The molecule has 0 aliphatic carbocycles. The molecule has 164 valence electrons. The Balaban J connectivity index is 1.71. The van der Waals surface area contributed by atoms with Crippen LogP contribution in [0, 0.1) is 0 Å². The van der Waals surface area contributed by atoms with Crippen LogP contribution in [0.15, 0.2) is 70.7 Å². The van der Waals surface area contributed by atoms with Crippen LogP contribution >= 0.6 is 11.8 Å². The molecule has 0 bridgehead atoms. The molecule has 2 heterocycles. The standard InChI is InChI=1S/C24H24N4O3S/c1-31-13-7-12-28-23(30)21(32-24(28)26-18-8-3-2-4-9-18)14-17-15-27(16-22(25)29)20-11-6-5-10-19(17)20/h2-6,8-11,14-15H,7,12-13,16H2,1H3,(H2,25,29). The van der Waals surface area contributed by atoms with Crippen LogP contribution in [0.2, 0.25) is 0 Å². The van der Waals surface area contributed by atoms with Crippen molar-refractivity contribution in [3.05, 3.63) is 71.3 Å². The van der Waals surface area contributed by atoms with Gasteiger partial charge in [-0.3, -0.25) is 14.5 Å². The molecule has 2 N–H and O–H groups in total. The van der Waals surface area contributed by atoms with Gasteiger partial charge in [-0.15, -0.1) is 0 Å². The molecule has 1 saturated heterocycles. The molecule has 32 heavy (non-hydrogen) atoms. The number of primary amides is 1. The van der Waals surface area contributed by atoms with Gasteiger partial charge in [0.15, 0.2) is 5.17 Å². The number of nitrogens with two attached hydrogens (primary N) is 1. The second kappa shape index (κ2) is 9.84. The van der Waals surface area contributed by atoms with E-state index in [2.05, 4.69) is 0 Å². The van der Waals surface area contributed by atoms with E-state index in [9.17, 15) is 9.59 Å². The first kappa shape index (κ1) is 21.9. The fourth-order valence-electron chi connectivity index (χ4n) is 3.60. The zero-order valence-electron chi connectivity index (χ0n) is 17.7. The molecule has 1 aliphatic heterocycles. The van der Waals surface area contributed by atoms with Gasteiger partial charge in [0.1, 0.15) is 6.54 Å². The number of thioether (sulfide) groups is 1. The van der Waals surface area contributed by atoms with Gasteiger partial charge in [0.25, 0.3) is 5.91 Å². The fourth-order valence-corrected chi connectivity index (χ4v) is 4.61. The zero-order valence-corrected chi connectivity index (χ0v) is 18.5. The Morgan fingerprint density at radius 1 is 1.16 bits per heavy atom. The molecular weight excluding hydrogens is 424 g/mol. The Kier molecular flexibility index (Phi) is 6.72. The molecule has 0 atom stereocenters. The van der Waals surface area contributed by atoms with Gasteiger partial charge in [-0.1, -0.05) is 36.4 Å². The number of ether oxygens (including phenoxy) is 1. The molecule has 8 heteroatoms. The topological polar surface area (TPSA) is 89.9 Å². The van der Waals surface area contributed by atoms with E-state index in [4.69, 9.17) is 15.5 Å². The summed E-state index contributed by atoms with van der Waals surface area (Å²) in [6.45, 7) is 1.16. The molecule has 1 aliphatic rings. The van der Waals surface area contributed by atoms with Gasteiger partial charge in [-0.2, -0.15) is 0 Å². The molecule has 0 spiro atoms. The number of amides is 2. The largest absolute Gasteiger partial charge is 0.385 e. The Morgan fingerprint density at radius 3 is 2.66 bits per heavy atom. The minimum absolute atomic E-state index is 0.0780. The number of hydrogen-bond donors (Lipinski definition) is 1. The summed E-state index contributed by atoms with van der Waals surface area (Å²) in [5, 5.41) is 1.60. The van der Waals surface area contributed by atoms with E-state index in [1.165, 1.54) is 11.8 Å². The van der Waals surface area contributed by atoms with Gasteiger partial charge >= 0.3 is 0 Å². The number of amidine groups is 1. The van der Waals surface area contributed by atoms with Gasteiger partial charge in [0.2, 0.25) is 5.91 Å². The summed E-state index contributed by atoms with van der Waals surface area (Å²) in [7, 11) is 1.65. The Morgan fingerprint density at radius 2 is 1.91 bits per heavy atom. The minimum Gasteiger partial charge on any atom is -0.385 e. The molecule has 3 aromatic rings. The number of aliphatic imine (C=N–C) groups is 1. The molecule has 0 saturated carbocycles. The highest BCUT2D eigenvalue weighted by Crippen LogP contribution is 2.35. The van der Waals surface area contributed by atoms with Crippen molar-refractivity contribution < 1.29 is 14.3 Å². The molecule has 0 unspecified atom stereocenters. The lowest BCUT2D eigenvalue weighted by Gasteiger charge is -2.15. The van der Waals surface area contributed by atoms with Crippen LogP contribution in [0.1, 0.15) is 12.0 Å². The van der Waals surface area contributed by atoms with E-state index in [1.807, 2.05) is 71.4 Å². The summed E-state index contributed by atoms with van der Waals surface area (Å²) in [6, 6.07) is 17.3. The smallest absolute Gasteiger partial charge is 0.266 e. The van der Waals surface area contributed by atoms with Crippen LogP contribution in [0.4, 0.5) is 5.69 Å². The molecule has 4 rings (SSSR count). The predicted molar refractivity (Wildman–Crippen MR) is 128 cm³/mol. The first-order valence-electron chi connectivity index (χ1n) is 10.3. The van der Waals surface area contributed by atoms with Crippen LogP contribution in [0.5, 0.6) is 0 Å². The monoisotopic (exact) mass is 448 g/mol. The van der Waals surface area contributed by atoms with Crippen molar-refractivity contribution in [1.82, 2.24) is 9.47 Å². The van der Waals surface area contributed by atoms with Gasteiger partial charge in [-0.05, 0) is 42.5 Å². The number of methoxy groups -OCH3 is 1. The maximum Gasteiger partial charge on any atom is 0.266 e. The summed E-state index contributed by atoms with van der Waals surface area (Å²) >= 11 is 1.35. The third-order valence-electron chi connectivity index (χ3n) is 5.03. The summed E-state index contributed by atoms with van der Waals surface area (Å²) in [4.78, 5) is 31.7. The highest BCUT2D eigenvalue weighted by Gasteiger charge is 2.33. The third kappa shape index (κ3) is 4.76. The Bertz CT molecular complexity index is 1200. The average molecular weight is 449 g/mol. The highest BCUT2D eigenvalue weighted by molar-refractivity contribution is 8.18. The minimum atomic E-state index is -0.419. The van der Waals surface area contributed by atoms with Crippen molar-refractivity contribution in [2.45, 2.75) is 13.0 Å². The van der Waals surface area contributed by atoms with E-state index in [0.29, 0.717) is 29.6 Å².